The fourth-order valence-electron chi connectivity index (χ4n) is 2.31. The Hall–Kier alpha value is -3.30. The minimum atomic E-state index is -1.82. The molecule has 0 aliphatic carbocycles. The lowest BCUT2D eigenvalue weighted by molar-refractivity contribution is -0.159. The molecule has 9 heteroatoms. The monoisotopic (exact) mass is 407 g/mol. The summed E-state index contributed by atoms with van der Waals surface area (Å²) < 4.78 is 5.12. The van der Waals surface area contributed by atoms with E-state index in [4.69, 9.17) is 24.5 Å². The number of aliphatic hydroxyl groups is 1. The van der Waals surface area contributed by atoms with Crippen LogP contribution in [0.1, 0.15) is 23.7 Å². The van der Waals surface area contributed by atoms with Crippen molar-refractivity contribution < 1.29 is 39.9 Å². The number of carbonyl (C=O) groups is 2. The van der Waals surface area contributed by atoms with Crippen molar-refractivity contribution >= 4 is 11.9 Å². The largest absolute Gasteiger partial charge is 0.504 e. The lowest BCUT2D eigenvalue weighted by atomic mass is 10.1. The van der Waals surface area contributed by atoms with Gasteiger partial charge in [0.2, 0.25) is 0 Å². The number of methoxy groups -OCH3 is 1. The Morgan fingerprint density at radius 3 is 2.14 bits per heavy atom. The van der Waals surface area contributed by atoms with Gasteiger partial charge in [0.25, 0.3) is 0 Å². The highest BCUT2D eigenvalue weighted by Gasteiger charge is 2.09. The number of aryl methyl sites for hydroxylation is 1. The second-order valence-corrected chi connectivity index (χ2v) is 6.03. The van der Waals surface area contributed by atoms with Crippen LogP contribution in [0.3, 0.4) is 0 Å². The van der Waals surface area contributed by atoms with Crippen LogP contribution < -0.4 is 10.1 Å². The number of benzene rings is 2. The fourth-order valence-corrected chi connectivity index (χ4v) is 2.31. The van der Waals surface area contributed by atoms with Crippen LogP contribution in [-0.4, -0.2) is 57.7 Å². The van der Waals surface area contributed by atoms with Crippen molar-refractivity contribution in [2.24, 2.45) is 0 Å². The zero-order chi connectivity index (χ0) is 21.8. The quantitative estimate of drug-likeness (QED) is 0.217. The number of nitrogens with one attached hydrogen (secondary N) is 1. The maximum atomic E-state index is 10.0. The molecule has 1 atom stereocenters. The molecule has 0 saturated carbocycles. The maximum absolute atomic E-state index is 10.0. The topological polar surface area (TPSA) is 157 Å². The van der Waals surface area contributed by atoms with Gasteiger partial charge < -0.3 is 35.6 Å². The van der Waals surface area contributed by atoms with E-state index in [1.165, 1.54) is 17.7 Å². The Bertz CT molecular complexity index is 780. The highest BCUT2D eigenvalue weighted by atomic mass is 16.5. The van der Waals surface area contributed by atoms with Crippen molar-refractivity contribution in [1.29, 1.82) is 0 Å². The average Bonchev–Trinajstić information content (AvgIpc) is 2.70. The lowest BCUT2D eigenvalue weighted by Crippen LogP contribution is -2.22. The van der Waals surface area contributed by atoms with Gasteiger partial charge in [-0.15, -0.1) is 0 Å². The van der Waals surface area contributed by atoms with E-state index in [0.29, 0.717) is 12.1 Å². The van der Waals surface area contributed by atoms with Gasteiger partial charge >= 0.3 is 11.9 Å². The van der Waals surface area contributed by atoms with E-state index in [1.807, 2.05) is 24.3 Å². The van der Waals surface area contributed by atoms with Crippen molar-refractivity contribution in [2.45, 2.75) is 18.9 Å². The minimum Gasteiger partial charge on any atom is -0.504 e. The average molecular weight is 407 g/mol. The number of carboxylic acid groups (broad SMARTS) is 2. The number of hydrogen-bond donors (Lipinski definition) is 6. The molecule has 158 valence electrons. The number of phenols is 2. The fraction of sp³-hybridized carbons (Fsp3) is 0.300. The number of aromatic hydroxyl groups is 2. The summed E-state index contributed by atoms with van der Waals surface area (Å²) in [5.74, 6) is -3.20. The molecule has 2 aromatic carbocycles. The third kappa shape index (κ3) is 8.96. The molecule has 0 aliphatic heterocycles. The molecule has 9 nitrogen and oxygen atoms in total. The molecule has 6 N–H and O–H groups in total. The van der Waals surface area contributed by atoms with E-state index in [-0.39, 0.29) is 11.5 Å². The van der Waals surface area contributed by atoms with E-state index < -0.39 is 18.0 Å². The summed E-state index contributed by atoms with van der Waals surface area (Å²) in [5.41, 5.74) is 1.82. The molecule has 0 heterocycles. The Morgan fingerprint density at radius 2 is 1.62 bits per heavy atom. The summed E-state index contributed by atoms with van der Waals surface area (Å²) >= 11 is 0. The molecule has 0 amide bonds. The normalized spacial score (nSPS) is 11.1. The number of carboxylic acids is 2. The van der Waals surface area contributed by atoms with Gasteiger partial charge in [0.05, 0.1) is 13.2 Å². The molecule has 2 aromatic rings. The number of ether oxygens (including phenoxy) is 1. The molecular weight excluding hydrogens is 382 g/mol. The Balaban J connectivity index is 0.000000612. The first-order valence-corrected chi connectivity index (χ1v) is 8.74. The Labute approximate surface area is 167 Å². The highest BCUT2D eigenvalue weighted by Crippen LogP contribution is 2.27. The minimum absolute atomic E-state index is 0.187. The summed E-state index contributed by atoms with van der Waals surface area (Å²) in [6.07, 6.45) is 1.19. The van der Waals surface area contributed by atoms with E-state index in [9.17, 15) is 15.3 Å². The first-order chi connectivity index (χ1) is 13.7. The Kier molecular flexibility index (Phi) is 10.00. The zero-order valence-corrected chi connectivity index (χ0v) is 15.9. The molecule has 29 heavy (non-hydrogen) atoms. The van der Waals surface area contributed by atoms with E-state index in [2.05, 4.69) is 5.32 Å². The zero-order valence-electron chi connectivity index (χ0n) is 15.9. The standard InChI is InChI=1S/C18H23NO4.C2H2O4/c1-23-15-7-4-13(5-8-15)3-2-10-19-12-18(22)14-6-9-16(20)17(21)11-14;3-1(4)2(5)6/h4-9,11,18-22H,2-3,10,12H2,1H3;(H,3,4)(H,5,6). The van der Waals surface area contributed by atoms with Gasteiger partial charge in [-0.2, -0.15) is 0 Å². The van der Waals surface area contributed by atoms with Crippen LogP contribution in [0.25, 0.3) is 0 Å². The molecular formula is C20H25NO8. The van der Waals surface area contributed by atoms with Crippen molar-refractivity contribution in [3.05, 3.63) is 53.6 Å². The van der Waals surface area contributed by atoms with E-state index >= 15 is 0 Å². The number of aliphatic carboxylic acids is 2. The lowest BCUT2D eigenvalue weighted by Gasteiger charge is -2.13. The van der Waals surface area contributed by atoms with Gasteiger partial charge in [-0.3, -0.25) is 0 Å². The first kappa shape index (κ1) is 23.7. The van der Waals surface area contributed by atoms with Crippen LogP contribution in [-0.2, 0) is 16.0 Å². The van der Waals surface area contributed by atoms with Crippen LogP contribution in [0.2, 0.25) is 0 Å². The van der Waals surface area contributed by atoms with Crippen LogP contribution in [0.5, 0.6) is 17.2 Å². The van der Waals surface area contributed by atoms with Gasteiger partial charge in [0.1, 0.15) is 5.75 Å². The first-order valence-electron chi connectivity index (χ1n) is 8.74. The van der Waals surface area contributed by atoms with Gasteiger partial charge in [0.15, 0.2) is 11.5 Å². The predicted octanol–water partition coefficient (Wildman–Crippen LogP) is 1.52. The SMILES string of the molecule is COc1ccc(CCCNCC(O)c2ccc(O)c(O)c2)cc1.O=C(O)C(=O)O. The number of hydrogen-bond acceptors (Lipinski definition) is 7. The third-order valence-electron chi connectivity index (χ3n) is 3.88. The van der Waals surface area contributed by atoms with Crippen molar-refractivity contribution in [2.75, 3.05) is 20.2 Å². The predicted molar refractivity (Wildman–Crippen MR) is 104 cm³/mol. The second-order valence-electron chi connectivity index (χ2n) is 6.03. The summed E-state index contributed by atoms with van der Waals surface area (Å²) in [4.78, 5) is 18.2. The second kappa shape index (κ2) is 12.2. The third-order valence-corrected chi connectivity index (χ3v) is 3.88. The molecule has 0 aromatic heterocycles. The number of phenolic OH excluding ortho intramolecular Hbond substituents is 2. The van der Waals surface area contributed by atoms with Gasteiger partial charge in [-0.1, -0.05) is 18.2 Å². The van der Waals surface area contributed by atoms with Crippen LogP contribution in [0.15, 0.2) is 42.5 Å². The summed E-state index contributed by atoms with van der Waals surface area (Å²) in [6.45, 7) is 1.18. The molecule has 2 rings (SSSR count). The van der Waals surface area contributed by atoms with Crippen LogP contribution in [0.4, 0.5) is 0 Å². The smallest absolute Gasteiger partial charge is 0.414 e. The molecule has 0 fully saturated rings. The summed E-state index contributed by atoms with van der Waals surface area (Å²) in [6, 6.07) is 12.3. The molecule has 1 unspecified atom stereocenters. The molecule has 0 radical (unpaired) electrons. The van der Waals surface area contributed by atoms with Gasteiger partial charge in [-0.25, -0.2) is 9.59 Å². The number of rotatable bonds is 8. The van der Waals surface area contributed by atoms with Crippen LogP contribution >= 0.6 is 0 Å². The van der Waals surface area contributed by atoms with Crippen LogP contribution in [0, 0.1) is 0 Å². The van der Waals surface area contributed by atoms with Crippen molar-refractivity contribution in [3.63, 3.8) is 0 Å². The molecule has 0 spiro atoms. The van der Waals surface area contributed by atoms with E-state index in [1.54, 1.807) is 13.2 Å². The van der Waals surface area contributed by atoms with E-state index in [0.717, 1.165) is 25.1 Å². The van der Waals surface area contributed by atoms with Crippen molar-refractivity contribution in [3.8, 4) is 17.2 Å². The molecule has 0 saturated heterocycles. The highest BCUT2D eigenvalue weighted by molar-refractivity contribution is 6.27. The van der Waals surface area contributed by atoms with Gasteiger partial charge in [0, 0.05) is 6.54 Å². The number of aliphatic hydroxyl groups excluding tert-OH is 1. The van der Waals surface area contributed by atoms with Crippen molar-refractivity contribution in [1.82, 2.24) is 5.32 Å². The molecule has 0 aliphatic rings. The molecule has 0 bridgehead atoms. The summed E-state index contributed by atoms with van der Waals surface area (Å²) in [7, 11) is 1.65. The Morgan fingerprint density at radius 1 is 1.00 bits per heavy atom. The van der Waals surface area contributed by atoms with Gasteiger partial charge in [-0.05, 0) is 54.8 Å². The maximum Gasteiger partial charge on any atom is 0.414 e. The summed E-state index contributed by atoms with van der Waals surface area (Å²) in [5, 5.41) is 46.7.